The van der Waals surface area contributed by atoms with Gasteiger partial charge in [0.25, 0.3) is 0 Å². The molecule has 1 saturated heterocycles. The summed E-state index contributed by atoms with van der Waals surface area (Å²) in [5, 5.41) is 3.51. The van der Waals surface area contributed by atoms with Gasteiger partial charge in [-0.2, -0.15) is 0 Å². The van der Waals surface area contributed by atoms with E-state index >= 15 is 0 Å². The zero-order valence-corrected chi connectivity index (χ0v) is 10.9. The molecular weight excluding hydrogens is 226 g/mol. The van der Waals surface area contributed by atoms with E-state index in [1.54, 1.807) is 0 Å². The monoisotopic (exact) mass is 247 g/mol. The van der Waals surface area contributed by atoms with E-state index in [1.165, 1.54) is 12.8 Å². The molecule has 3 rings (SSSR count). The SMILES string of the molecule is CC1CN(c2cccc(CNC3CC3)n2)CCO1. The fourth-order valence-electron chi connectivity index (χ4n) is 2.30. The Hall–Kier alpha value is -1.13. The van der Waals surface area contributed by atoms with Crippen molar-refractivity contribution in [2.24, 2.45) is 0 Å². The van der Waals surface area contributed by atoms with Gasteiger partial charge in [0.15, 0.2) is 0 Å². The Morgan fingerprint density at radius 3 is 3.11 bits per heavy atom. The van der Waals surface area contributed by atoms with Gasteiger partial charge in [-0.15, -0.1) is 0 Å². The Morgan fingerprint density at radius 2 is 2.33 bits per heavy atom. The van der Waals surface area contributed by atoms with E-state index in [0.29, 0.717) is 6.10 Å². The highest BCUT2D eigenvalue weighted by atomic mass is 16.5. The number of nitrogens with zero attached hydrogens (tertiary/aromatic N) is 2. The minimum absolute atomic E-state index is 0.300. The predicted molar refractivity (Wildman–Crippen MR) is 71.7 cm³/mol. The number of hydrogen-bond donors (Lipinski definition) is 1. The fraction of sp³-hybridized carbons (Fsp3) is 0.643. The lowest BCUT2D eigenvalue weighted by atomic mass is 10.2. The van der Waals surface area contributed by atoms with Gasteiger partial charge >= 0.3 is 0 Å². The highest BCUT2D eigenvalue weighted by Gasteiger charge is 2.21. The van der Waals surface area contributed by atoms with Crippen LogP contribution in [-0.2, 0) is 11.3 Å². The van der Waals surface area contributed by atoms with Gasteiger partial charge in [0.2, 0.25) is 0 Å². The molecule has 0 aromatic carbocycles. The summed E-state index contributed by atoms with van der Waals surface area (Å²) < 4.78 is 5.57. The molecule has 98 valence electrons. The molecule has 1 N–H and O–H groups in total. The van der Waals surface area contributed by atoms with Crippen LogP contribution < -0.4 is 10.2 Å². The van der Waals surface area contributed by atoms with Crippen molar-refractivity contribution in [3.63, 3.8) is 0 Å². The highest BCUT2D eigenvalue weighted by molar-refractivity contribution is 5.39. The third-order valence-corrected chi connectivity index (χ3v) is 3.51. The number of morpholine rings is 1. The molecule has 1 aliphatic heterocycles. The molecule has 1 unspecified atom stereocenters. The molecule has 4 heteroatoms. The molecule has 0 spiro atoms. The summed E-state index contributed by atoms with van der Waals surface area (Å²) in [6.07, 6.45) is 2.94. The van der Waals surface area contributed by atoms with E-state index < -0.39 is 0 Å². The molecule has 0 bridgehead atoms. The van der Waals surface area contributed by atoms with Crippen LogP contribution >= 0.6 is 0 Å². The average molecular weight is 247 g/mol. The quantitative estimate of drug-likeness (QED) is 0.876. The van der Waals surface area contributed by atoms with Crippen molar-refractivity contribution in [1.82, 2.24) is 10.3 Å². The molecule has 1 saturated carbocycles. The maximum atomic E-state index is 5.57. The van der Waals surface area contributed by atoms with Gasteiger partial charge in [0, 0.05) is 25.7 Å². The average Bonchev–Trinajstić information content (AvgIpc) is 3.21. The maximum absolute atomic E-state index is 5.57. The van der Waals surface area contributed by atoms with Gasteiger partial charge < -0.3 is 15.0 Å². The van der Waals surface area contributed by atoms with E-state index in [-0.39, 0.29) is 0 Å². The lowest BCUT2D eigenvalue weighted by molar-refractivity contribution is 0.0529. The Balaban J connectivity index is 1.65. The first-order chi connectivity index (χ1) is 8.81. The molecule has 4 nitrogen and oxygen atoms in total. The van der Waals surface area contributed by atoms with Crippen molar-refractivity contribution in [3.8, 4) is 0 Å². The summed E-state index contributed by atoms with van der Waals surface area (Å²) in [6, 6.07) is 7.03. The Labute approximate surface area is 108 Å². The van der Waals surface area contributed by atoms with Crippen molar-refractivity contribution in [2.45, 2.75) is 38.5 Å². The molecule has 2 fully saturated rings. The number of rotatable bonds is 4. The number of anilines is 1. The van der Waals surface area contributed by atoms with Gasteiger partial charge in [0.1, 0.15) is 5.82 Å². The first kappa shape index (κ1) is 11.9. The number of hydrogen-bond acceptors (Lipinski definition) is 4. The molecule has 1 atom stereocenters. The minimum atomic E-state index is 0.300. The fourth-order valence-corrected chi connectivity index (χ4v) is 2.30. The van der Waals surface area contributed by atoms with E-state index in [2.05, 4.69) is 35.3 Å². The smallest absolute Gasteiger partial charge is 0.129 e. The molecule has 0 amide bonds. The maximum Gasteiger partial charge on any atom is 0.129 e. The third-order valence-electron chi connectivity index (χ3n) is 3.51. The first-order valence-corrected chi connectivity index (χ1v) is 6.87. The van der Waals surface area contributed by atoms with Crippen LogP contribution in [0.4, 0.5) is 5.82 Å². The molecule has 1 aromatic heterocycles. The van der Waals surface area contributed by atoms with Gasteiger partial charge in [-0.3, -0.25) is 0 Å². The molecule has 18 heavy (non-hydrogen) atoms. The van der Waals surface area contributed by atoms with E-state index in [4.69, 9.17) is 9.72 Å². The number of aromatic nitrogens is 1. The van der Waals surface area contributed by atoms with E-state index in [0.717, 1.165) is 43.8 Å². The predicted octanol–water partition coefficient (Wildman–Crippen LogP) is 1.56. The van der Waals surface area contributed by atoms with Crippen LogP contribution in [0.3, 0.4) is 0 Å². The van der Waals surface area contributed by atoms with Gasteiger partial charge in [-0.25, -0.2) is 4.98 Å². The number of pyridine rings is 1. The Bertz CT molecular complexity index is 406. The largest absolute Gasteiger partial charge is 0.375 e. The van der Waals surface area contributed by atoms with Crippen LogP contribution in [0.15, 0.2) is 18.2 Å². The summed E-state index contributed by atoms with van der Waals surface area (Å²) in [6.45, 7) is 5.68. The molecule has 2 heterocycles. The van der Waals surface area contributed by atoms with Gasteiger partial charge in [-0.1, -0.05) is 6.07 Å². The first-order valence-electron chi connectivity index (χ1n) is 6.87. The zero-order valence-electron chi connectivity index (χ0n) is 10.9. The lowest BCUT2D eigenvalue weighted by Crippen LogP contribution is -2.41. The summed E-state index contributed by atoms with van der Waals surface area (Å²) in [5.41, 5.74) is 1.14. The second-order valence-corrected chi connectivity index (χ2v) is 5.27. The second-order valence-electron chi connectivity index (χ2n) is 5.27. The van der Waals surface area contributed by atoms with Crippen molar-refractivity contribution in [1.29, 1.82) is 0 Å². The normalized spacial score (nSPS) is 24.3. The van der Waals surface area contributed by atoms with Crippen LogP contribution in [0.25, 0.3) is 0 Å². The second kappa shape index (κ2) is 5.24. The Kier molecular flexibility index (Phi) is 3.48. The van der Waals surface area contributed by atoms with Crippen molar-refractivity contribution < 1.29 is 4.74 Å². The summed E-state index contributed by atoms with van der Waals surface area (Å²) >= 11 is 0. The van der Waals surface area contributed by atoms with Crippen molar-refractivity contribution in [2.75, 3.05) is 24.6 Å². The topological polar surface area (TPSA) is 37.4 Å². The van der Waals surface area contributed by atoms with E-state index in [9.17, 15) is 0 Å². The number of ether oxygens (including phenoxy) is 1. The molecular formula is C14H21N3O. The van der Waals surface area contributed by atoms with E-state index in [1.807, 2.05) is 0 Å². The molecule has 0 radical (unpaired) electrons. The lowest BCUT2D eigenvalue weighted by Gasteiger charge is -2.32. The number of nitrogens with one attached hydrogen (secondary N) is 1. The zero-order chi connectivity index (χ0) is 12.4. The van der Waals surface area contributed by atoms with Crippen LogP contribution in [0.2, 0.25) is 0 Å². The molecule has 1 aromatic rings. The molecule has 2 aliphatic rings. The van der Waals surface area contributed by atoms with Crippen LogP contribution in [0, 0.1) is 0 Å². The minimum Gasteiger partial charge on any atom is -0.375 e. The summed E-state index contributed by atoms with van der Waals surface area (Å²) in [4.78, 5) is 7.05. The van der Waals surface area contributed by atoms with Crippen LogP contribution in [0.5, 0.6) is 0 Å². The van der Waals surface area contributed by atoms with Crippen molar-refractivity contribution in [3.05, 3.63) is 23.9 Å². The Morgan fingerprint density at radius 1 is 1.44 bits per heavy atom. The summed E-state index contributed by atoms with van der Waals surface area (Å²) in [7, 11) is 0. The van der Waals surface area contributed by atoms with Crippen LogP contribution in [-0.4, -0.2) is 36.8 Å². The standard InChI is InChI=1S/C14H21N3O/c1-11-10-17(7-8-18-11)14-4-2-3-13(16-14)9-15-12-5-6-12/h2-4,11-12,15H,5-10H2,1H3. The van der Waals surface area contributed by atoms with Gasteiger partial charge in [0.05, 0.1) is 18.4 Å². The molecule has 1 aliphatic carbocycles. The van der Waals surface area contributed by atoms with Gasteiger partial charge in [-0.05, 0) is 31.9 Å². The highest BCUT2D eigenvalue weighted by Crippen LogP contribution is 2.20. The van der Waals surface area contributed by atoms with Crippen molar-refractivity contribution >= 4 is 5.82 Å². The summed E-state index contributed by atoms with van der Waals surface area (Å²) in [5.74, 6) is 1.08. The van der Waals surface area contributed by atoms with Crippen LogP contribution in [0.1, 0.15) is 25.5 Å². The third kappa shape index (κ3) is 3.00.